The Hall–Kier alpha value is -1.50. The molecule has 1 aromatic carbocycles. The lowest BCUT2D eigenvalue weighted by molar-refractivity contribution is -0.137. The highest BCUT2D eigenvalue weighted by atomic mass is 32.2. The van der Waals surface area contributed by atoms with E-state index >= 15 is 0 Å². The Kier molecular flexibility index (Phi) is 8.89. The summed E-state index contributed by atoms with van der Waals surface area (Å²) < 4.78 is 37.8. The number of aryl methyl sites for hydroxylation is 1. The third-order valence-electron chi connectivity index (χ3n) is 3.45. The van der Waals surface area contributed by atoms with E-state index in [1.54, 1.807) is 6.07 Å². The number of hydrogen-bond acceptors (Lipinski definition) is 3. The Balaban J connectivity index is 2.19. The fourth-order valence-corrected chi connectivity index (χ4v) is 2.99. The van der Waals surface area contributed by atoms with Gasteiger partial charge in [-0.05, 0) is 30.9 Å². The second-order valence-electron chi connectivity index (χ2n) is 5.55. The number of halogens is 3. The second-order valence-corrected chi connectivity index (χ2v) is 6.70. The van der Waals surface area contributed by atoms with E-state index in [0.29, 0.717) is 24.2 Å². The van der Waals surface area contributed by atoms with Gasteiger partial charge in [0.25, 0.3) is 0 Å². The van der Waals surface area contributed by atoms with Crippen LogP contribution in [0.1, 0.15) is 49.7 Å². The van der Waals surface area contributed by atoms with Crippen LogP contribution in [0.15, 0.2) is 24.3 Å². The zero-order valence-corrected chi connectivity index (χ0v) is 14.2. The van der Waals surface area contributed by atoms with Crippen molar-refractivity contribution in [2.24, 2.45) is 5.73 Å². The van der Waals surface area contributed by atoms with Crippen molar-refractivity contribution in [3.8, 4) is 0 Å². The lowest BCUT2D eigenvalue weighted by atomic mass is 10.1. The van der Waals surface area contributed by atoms with Crippen LogP contribution in [0.4, 0.5) is 13.2 Å². The molecule has 3 nitrogen and oxygen atoms in total. The smallest absolute Gasteiger partial charge is 0.370 e. The average molecular weight is 361 g/mol. The summed E-state index contributed by atoms with van der Waals surface area (Å²) in [5, 5.41) is -0.00968. The van der Waals surface area contributed by atoms with Crippen LogP contribution >= 0.6 is 11.8 Å². The van der Waals surface area contributed by atoms with Gasteiger partial charge in [0.1, 0.15) is 0 Å². The summed E-state index contributed by atoms with van der Waals surface area (Å²) in [6, 6.07) is 5.09. The van der Waals surface area contributed by atoms with Crippen LogP contribution in [0, 0.1) is 0 Å². The molecule has 1 rings (SSSR count). The fraction of sp³-hybridized carbons (Fsp3) is 0.529. The first kappa shape index (κ1) is 20.5. The Morgan fingerprint density at radius 2 is 1.75 bits per heavy atom. The first-order valence-corrected chi connectivity index (χ1v) is 8.87. The maximum atomic E-state index is 12.6. The molecular formula is C17H22F3NO2S. The zero-order chi connectivity index (χ0) is 18.0. The molecule has 1 amide bonds. The van der Waals surface area contributed by atoms with Gasteiger partial charge < -0.3 is 5.73 Å². The van der Waals surface area contributed by atoms with Crippen molar-refractivity contribution in [3.05, 3.63) is 35.4 Å². The lowest BCUT2D eigenvalue weighted by Crippen LogP contribution is -2.09. The molecule has 24 heavy (non-hydrogen) atoms. The highest BCUT2D eigenvalue weighted by Crippen LogP contribution is 2.29. The molecule has 7 heteroatoms. The van der Waals surface area contributed by atoms with Gasteiger partial charge in [-0.1, -0.05) is 42.8 Å². The molecule has 2 N–H and O–H groups in total. The minimum absolute atomic E-state index is 0.00968. The quantitative estimate of drug-likeness (QED) is 0.631. The second kappa shape index (κ2) is 10.4. The molecule has 0 unspecified atom stereocenters. The highest BCUT2D eigenvalue weighted by molar-refractivity contribution is 8.13. The van der Waals surface area contributed by atoms with Crippen LogP contribution in [0.3, 0.4) is 0 Å². The number of nitrogens with two attached hydrogens (primary N) is 1. The van der Waals surface area contributed by atoms with Crippen molar-refractivity contribution >= 4 is 22.8 Å². The SMILES string of the molecule is NC(=O)CCCCCCSC(=O)CCc1cccc(C(F)(F)F)c1. The van der Waals surface area contributed by atoms with E-state index in [1.165, 1.54) is 17.8 Å². The average Bonchev–Trinajstić information content (AvgIpc) is 2.51. The molecule has 0 saturated heterocycles. The van der Waals surface area contributed by atoms with Crippen LogP contribution in [0.25, 0.3) is 0 Å². The summed E-state index contributed by atoms with van der Waals surface area (Å²) in [5.41, 5.74) is 4.87. The normalized spacial score (nSPS) is 11.5. The first-order valence-electron chi connectivity index (χ1n) is 7.89. The van der Waals surface area contributed by atoms with Gasteiger partial charge in [-0.25, -0.2) is 0 Å². The zero-order valence-electron chi connectivity index (χ0n) is 13.4. The molecule has 0 radical (unpaired) electrons. The summed E-state index contributed by atoms with van der Waals surface area (Å²) in [7, 11) is 0. The van der Waals surface area contributed by atoms with Gasteiger partial charge in [-0.15, -0.1) is 0 Å². The topological polar surface area (TPSA) is 60.2 Å². The summed E-state index contributed by atoms with van der Waals surface area (Å²) in [6.07, 6.45) is 0.0553. The summed E-state index contributed by atoms with van der Waals surface area (Å²) >= 11 is 1.22. The van der Waals surface area contributed by atoms with E-state index in [9.17, 15) is 22.8 Å². The van der Waals surface area contributed by atoms with Crippen molar-refractivity contribution in [3.63, 3.8) is 0 Å². The van der Waals surface area contributed by atoms with Gasteiger partial charge in [0.15, 0.2) is 5.12 Å². The summed E-state index contributed by atoms with van der Waals surface area (Å²) in [5.74, 6) is 0.395. The number of carbonyl (C=O) groups is 2. The minimum Gasteiger partial charge on any atom is -0.370 e. The number of thioether (sulfide) groups is 1. The third-order valence-corrected chi connectivity index (χ3v) is 4.47. The molecule has 0 atom stereocenters. The number of amides is 1. The fourth-order valence-electron chi connectivity index (χ4n) is 2.16. The van der Waals surface area contributed by atoms with E-state index in [-0.39, 0.29) is 17.4 Å². The standard InChI is InChI=1S/C17H22F3NO2S/c18-17(19,20)14-7-5-6-13(12-14)9-10-16(23)24-11-4-2-1-3-8-15(21)22/h5-7,12H,1-4,8-11H2,(H2,21,22). The minimum atomic E-state index is -4.36. The van der Waals surface area contributed by atoms with Crippen LogP contribution < -0.4 is 5.73 Å². The summed E-state index contributed by atoms with van der Waals surface area (Å²) in [6.45, 7) is 0. The molecule has 0 aliphatic carbocycles. The molecule has 0 spiro atoms. The van der Waals surface area contributed by atoms with Gasteiger partial charge in [0, 0.05) is 18.6 Å². The molecule has 134 valence electrons. The van der Waals surface area contributed by atoms with Crippen LogP contribution in [-0.4, -0.2) is 16.8 Å². The monoisotopic (exact) mass is 361 g/mol. The lowest BCUT2D eigenvalue weighted by Gasteiger charge is -2.08. The van der Waals surface area contributed by atoms with Gasteiger partial charge in [0.05, 0.1) is 5.56 Å². The molecule has 0 aliphatic rings. The molecule has 0 aliphatic heterocycles. The molecule has 0 bridgehead atoms. The largest absolute Gasteiger partial charge is 0.416 e. The van der Waals surface area contributed by atoms with Crippen molar-refractivity contribution in [1.29, 1.82) is 0 Å². The maximum Gasteiger partial charge on any atom is 0.416 e. The van der Waals surface area contributed by atoms with E-state index in [2.05, 4.69) is 0 Å². The molecule has 0 aromatic heterocycles. The number of carbonyl (C=O) groups excluding carboxylic acids is 2. The predicted molar refractivity (Wildman–Crippen MR) is 89.5 cm³/mol. The third kappa shape index (κ3) is 8.96. The van der Waals surface area contributed by atoms with E-state index < -0.39 is 11.7 Å². The molecule has 1 aromatic rings. The van der Waals surface area contributed by atoms with Crippen molar-refractivity contribution in [2.45, 2.75) is 51.1 Å². The van der Waals surface area contributed by atoms with Gasteiger partial charge >= 0.3 is 6.18 Å². The molecule has 0 heterocycles. The Morgan fingerprint density at radius 1 is 1.04 bits per heavy atom. The van der Waals surface area contributed by atoms with Gasteiger partial charge in [-0.2, -0.15) is 13.2 Å². The Labute approximate surface area is 144 Å². The maximum absolute atomic E-state index is 12.6. The number of unbranched alkanes of at least 4 members (excludes halogenated alkanes) is 3. The van der Waals surface area contributed by atoms with Crippen molar-refractivity contribution in [2.75, 3.05) is 5.75 Å². The molecule has 0 fully saturated rings. The van der Waals surface area contributed by atoms with E-state index in [0.717, 1.165) is 37.8 Å². The molecular weight excluding hydrogens is 339 g/mol. The predicted octanol–water partition coefficient (Wildman–Crippen LogP) is 4.33. The number of alkyl halides is 3. The van der Waals surface area contributed by atoms with Crippen LogP contribution in [0.5, 0.6) is 0 Å². The number of rotatable bonds is 10. The Bertz CT molecular complexity index is 547. The van der Waals surface area contributed by atoms with Crippen LogP contribution in [0.2, 0.25) is 0 Å². The van der Waals surface area contributed by atoms with Gasteiger partial charge in [-0.3, -0.25) is 9.59 Å². The highest BCUT2D eigenvalue weighted by Gasteiger charge is 2.30. The van der Waals surface area contributed by atoms with E-state index in [1.807, 2.05) is 0 Å². The number of hydrogen-bond donors (Lipinski definition) is 1. The van der Waals surface area contributed by atoms with Gasteiger partial charge in [0.2, 0.25) is 5.91 Å². The van der Waals surface area contributed by atoms with Crippen LogP contribution in [-0.2, 0) is 22.2 Å². The Morgan fingerprint density at radius 3 is 2.42 bits per heavy atom. The van der Waals surface area contributed by atoms with Crippen molar-refractivity contribution < 1.29 is 22.8 Å². The van der Waals surface area contributed by atoms with E-state index in [4.69, 9.17) is 5.73 Å². The van der Waals surface area contributed by atoms with Crippen molar-refractivity contribution in [1.82, 2.24) is 0 Å². The number of primary amides is 1. The summed E-state index contributed by atoms with van der Waals surface area (Å²) in [4.78, 5) is 22.3. The molecule has 0 saturated carbocycles. The number of benzene rings is 1. The first-order chi connectivity index (χ1) is 11.3.